The second-order valence-corrected chi connectivity index (χ2v) is 6.94. The van der Waals surface area contributed by atoms with Gasteiger partial charge in [-0.15, -0.1) is 0 Å². The van der Waals surface area contributed by atoms with Gasteiger partial charge in [-0.2, -0.15) is 15.4 Å². The van der Waals surface area contributed by atoms with Crippen LogP contribution in [0.5, 0.6) is 5.75 Å². The number of aliphatic hydroxyl groups excluding tert-OH is 1. The molecule has 1 aliphatic heterocycles. The highest BCUT2D eigenvalue weighted by Crippen LogP contribution is 2.34. The largest absolute Gasteiger partial charge is 0.491 e. The number of benzene rings is 2. The first-order valence-corrected chi connectivity index (χ1v) is 9.87. The van der Waals surface area contributed by atoms with Gasteiger partial charge in [0.05, 0.1) is 35.2 Å². The molecule has 2 heterocycles. The molecule has 1 aromatic heterocycles. The summed E-state index contributed by atoms with van der Waals surface area (Å²) in [6.07, 6.45) is 2.05. The number of rotatable bonds is 6. The molecule has 2 aromatic carbocycles. The normalized spacial score (nSPS) is 15.9. The molecule has 154 valence electrons. The van der Waals surface area contributed by atoms with Crippen LogP contribution >= 0.6 is 0 Å². The first-order chi connectivity index (χ1) is 15.2. The van der Waals surface area contributed by atoms with E-state index in [0.717, 1.165) is 5.56 Å². The molecule has 4 rings (SSSR count). The molecule has 1 atom stereocenters. The molecule has 1 N–H and O–H groups in total. The van der Waals surface area contributed by atoms with Gasteiger partial charge in [-0.25, -0.2) is 0 Å². The summed E-state index contributed by atoms with van der Waals surface area (Å²) in [7, 11) is 0. The van der Waals surface area contributed by atoms with E-state index >= 15 is 0 Å². The topological polar surface area (TPSA) is 98.8 Å². The molecule has 7 nitrogen and oxygen atoms in total. The molecule has 0 bridgehead atoms. The molecule has 7 heteroatoms. The van der Waals surface area contributed by atoms with Crippen molar-refractivity contribution in [1.82, 2.24) is 4.98 Å². The van der Waals surface area contributed by atoms with Crippen molar-refractivity contribution in [2.75, 3.05) is 18.2 Å². The van der Waals surface area contributed by atoms with Gasteiger partial charge >= 0.3 is 0 Å². The van der Waals surface area contributed by atoms with E-state index in [1.807, 2.05) is 30.3 Å². The summed E-state index contributed by atoms with van der Waals surface area (Å²) < 4.78 is 5.52. The molecular formula is C24H20N4O3. The number of hydrogen-bond donors (Lipinski definition) is 1. The highest BCUT2D eigenvalue weighted by molar-refractivity contribution is 6.11. The fourth-order valence-corrected chi connectivity index (χ4v) is 3.50. The summed E-state index contributed by atoms with van der Waals surface area (Å²) in [6.45, 7) is 0.0756. The molecule has 1 aliphatic rings. The van der Waals surface area contributed by atoms with Crippen LogP contribution in [0.1, 0.15) is 29.2 Å². The first kappa shape index (κ1) is 20.3. The summed E-state index contributed by atoms with van der Waals surface area (Å²) >= 11 is 0. The number of anilines is 1. The third kappa shape index (κ3) is 4.29. The van der Waals surface area contributed by atoms with Crippen LogP contribution in [0.4, 0.5) is 5.69 Å². The van der Waals surface area contributed by atoms with Crippen LogP contribution in [0.25, 0.3) is 0 Å². The van der Waals surface area contributed by atoms with Gasteiger partial charge in [-0.1, -0.05) is 30.3 Å². The maximum absolute atomic E-state index is 13.5. The number of hydrogen-bond acceptors (Lipinski definition) is 6. The monoisotopic (exact) mass is 412 g/mol. The van der Waals surface area contributed by atoms with Gasteiger partial charge in [0.1, 0.15) is 18.4 Å². The Bertz CT molecular complexity index is 1150. The quantitative estimate of drug-likeness (QED) is 0.670. The third-order valence-electron chi connectivity index (χ3n) is 4.96. The Kier molecular flexibility index (Phi) is 6.01. The highest BCUT2D eigenvalue weighted by Gasteiger charge is 2.35. The second-order valence-electron chi connectivity index (χ2n) is 6.94. The summed E-state index contributed by atoms with van der Waals surface area (Å²) in [6, 6.07) is 21.8. The summed E-state index contributed by atoms with van der Waals surface area (Å²) in [5, 5.41) is 24.4. The van der Waals surface area contributed by atoms with Gasteiger partial charge in [0, 0.05) is 12.6 Å². The van der Waals surface area contributed by atoms with Crippen molar-refractivity contribution in [2.24, 2.45) is 5.10 Å². The predicted octanol–water partition coefficient (Wildman–Crippen LogP) is 3.25. The Morgan fingerprint density at radius 2 is 1.97 bits per heavy atom. The van der Waals surface area contributed by atoms with E-state index in [1.54, 1.807) is 42.6 Å². The molecule has 31 heavy (non-hydrogen) atoms. The number of aliphatic hydroxyl groups is 1. The molecule has 0 fully saturated rings. The van der Waals surface area contributed by atoms with Crippen molar-refractivity contribution in [1.29, 1.82) is 5.26 Å². The zero-order chi connectivity index (χ0) is 21.6. The number of carbonyl (C=O) groups excluding carboxylic acids is 1. The van der Waals surface area contributed by atoms with Crippen molar-refractivity contribution in [3.8, 4) is 11.8 Å². The van der Waals surface area contributed by atoms with Crippen molar-refractivity contribution in [3.05, 3.63) is 89.7 Å². The lowest BCUT2D eigenvalue weighted by molar-refractivity contribution is -0.120. The van der Waals surface area contributed by atoms with Crippen LogP contribution in [0.2, 0.25) is 0 Å². The smallest absolute Gasteiger partial charge is 0.255 e. The molecule has 0 saturated carbocycles. The summed E-state index contributed by atoms with van der Waals surface area (Å²) in [4.78, 5) is 17.9. The van der Waals surface area contributed by atoms with Crippen molar-refractivity contribution in [2.45, 2.75) is 12.3 Å². The minimum absolute atomic E-state index is 0.0954. The highest BCUT2D eigenvalue weighted by atomic mass is 16.5. The predicted molar refractivity (Wildman–Crippen MR) is 116 cm³/mol. The molecule has 0 saturated heterocycles. The van der Waals surface area contributed by atoms with Crippen molar-refractivity contribution >= 4 is 17.3 Å². The van der Waals surface area contributed by atoms with Gasteiger partial charge in [-0.3, -0.25) is 9.78 Å². The van der Waals surface area contributed by atoms with E-state index in [4.69, 9.17) is 9.84 Å². The number of aromatic nitrogens is 1. The number of nitrogens with zero attached hydrogens (tertiary/aromatic N) is 4. The van der Waals surface area contributed by atoms with Crippen LogP contribution in [0, 0.1) is 11.3 Å². The lowest BCUT2D eigenvalue weighted by atomic mass is 9.89. The van der Waals surface area contributed by atoms with Crippen LogP contribution in [0.15, 0.2) is 78.0 Å². The van der Waals surface area contributed by atoms with E-state index in [9.17, 15) is 10.1 Å². The Balaban J connectivity index is 1.79. The van der Waals surface area contributed by atoms with E-state index in [1.165, 1.54) is 5.01 Å². The minimum atomic E-state index is -0.529. The lowest BCUT2D eigenvalue weighted by Gasteiger charge is -2.30. The molecule has 0 spiro atoms. The average molecular weight is 412 g/mol. The van der Waals surface area contributed by atoms with E-state index < -0.39 is 5.92 Å². The van der Waals surface area contributed by atoms with E-state index in [0.29, 0.717) is 34.8 Å². The number of carbonyl (C=O) groups is 1. The number of para-hydroxylation sites is 1. The molecule has 0 aliphatic carbocycles. The molecule has 0 radical (unpaired) electrons. The van der Waals surface area contributed by atoms with E-state index in [2.05, 4.69) is 16.2 Å². The lowest BCUT2D eigenvalue weighted by Crippen LogP contribution is -2.38. The van der Waals surface area contributed by atoms with Crippen LogP contribution in [0.3, 0.4) is 0 Å². The number of pyridine rings is 1. The number of nitriles is 1. The number of hydrazone groups is 1. The Morgan fingerprint density at radius 3 is 2.74 bits per heavy atom. The SMILES string of the molecule is N#Cc1ccccc1N1N=C(c2ccccn2)CC(c2cccc(OCCO)c2)C1=O. The fourth-order valence-electron chi connectivity index (χ4n) is 3.50. The Hall–Kier alpha value is -4.02. The van der Waals surface area contributed by atoms with E-state index in [-0.39, 0.29) is 19.1 Å². The minimum Gasteiger partial charge on any atom is -0.491 e. The van der Waals surface area contributed by atoms with Crippen molar-refractivity contribution in [3.63, 3.8) is 0 Å². The van der Waals surface area contributed by atoms with Crippen LogP contribution < -0.4 is 9.75 Å². The maximum atomic E-state index is 13.5. The second kappa shape index (κ2) is 9.20. The van der Waals surface area contributed by atoms with Gasteiger partial charge in [-0.05, 0) is 42.0 Å². The zero-order valence-electron chi connectivity index (χ0n) is 16.7. The number of amides is 1. The standard InChI is InChI=1S/C24H20N4O3/c25-16-18-6-1-2-10-23(18)28-24(30)20(15-22(27-28)21-9-3-4-11-26-21)17-7-5-8-19(14-17)31-13-12-29/h1-11,14,20,29H,12-13,15H2. The summed E-state index contributed by atoms with van der Waals surface area (Å²) in [5.41, 5.74) is 2.89. The fraction of sp³-hybridized carbons (Fsp3) is 0.167. The van der Waals surface area contributed by atoms with Crippen molar-refractivity contribution < 1.29 is 14.6 Å². The Labute approximate surface area is 179 Å². The maximum Gasteiger partial charge on any atom is 0.255 e. The first-order valence-electron chi connectivity index (χ1n) is 9.87. The van der Waals surface area contributed by atoms with Gasteiger partial charge in [0.25, 0.3) is 5.91 Å². The molecule has 1 amide bonds. The molecular weight excluding hydrogens is 392 g/mol. The zero-order valence-corrected chi connectivity index (χ0v) is 16.7. The molecule has 3 aromatic rings. The van der Waals surface area contributed by atoms with Crippen LogP contribution in [-0.2, 0) is 4.79 Å². The van der Waals surface area contributed by atoms with Gasteiger partial charge in [0.15, 0.2) is 0 Å². The Morgan fingerprint density at radius 1 is 1.13 bits per heavy atom. The van der Waals surface area contributed by atoms with Crippen LogP contribution in [-0.4, -0.2) is 34.9 Å². The van der Waals surface area contributed by atoms with Gasteiger partial charge < -0.3 is 9.84 Å². The number of ether oxygens (including phenoxy) is 1. The summed E-state index contributed by atoms with van der Waals surface area (Å²) in [5.74, 6) is -0.189. The average Bonchev–Trinajstić information content (AvgIpc) is 2.83. The molecule has 1 unspecified atom stereocenters. The third-order valence-corrected chi connectivity index (χ3v) is 4.96. The van der Waals surface area contributed by atoms with Gasteiger partial charge in [0.2, 0.25) is 0 Å².